The highest BCUT2D eigenvalue weighted by Gasteiger charge is 1.85. The third-order valence-corrected chi connectivity index (χ3v) is 1.19. The first kappa shape index (κ1) is 6.37. The summed E-state index contributed by atoms with van der Waals surface area (Å²) in [6.45, 7) is 0.561. The minimum atomic E-state index is 0.561. The molecule has 0 atom stereocenters. The second-order valence-electron chi connectivity index (χ2n) is 1.95. The largest absolute Gasteiger partial charge is 0.326 e. The van der Waals surface area contributed by atoms with Crippen molar-refractivity contribution < 1.29 is 0 Å². The Bertz CT molecular complexity index is 198. The Hall–Kier alpha value is -0.755. The first-order valence-corrected chi connectivity index (χ1v) is 2.87. The highest BCUT2D eigenvalue weighted by atomic mass is 14.5. The topological polar surface area (TPSA) is 26.0 Å². The SMILES string of the molecule is [B]c1cccc(CN)c1. The van der Waals surface area contributed by atoms with Crippen molar-refractivity contribution in [2.45, 2.75) is 6.54 Å². The Morgan fingerprint density at radius 1 is 1.44 bits per heavy atom. The van der Waals surface area contributed by atoms with Crippen LogP contribution in [0.5, 0.6) is 0 Å². The van der Waals surface area contributed by atoms with Crippen LogP contribution in [0.25, 0.3) is 0 Å². The number of hydrogen-bond donors (Lipinski definition) is 1. The average molecular weight is 117 g/mol. The summed E-state index contributed by atoms with van der Waals surface area (Å²) in [5, 5.41) is 0. The zero-order valence-electron chi connectivity index (χ0n) is 5.17. The lowest BCUT2D eigenvalue weighted by Crippen LogP contribution is -2.05. The van der Waals surface area contributed by atoms with Crippen LogP contribution >= 0.6 is 0 Å². The van der Waals surface area contributed by atoms with Crippen LogP contribution in [-0.4, -0.2) is 7.85 Å². The van der Waals surface area contributed by atoms with Crippen molar-refractivity contribution in [1.82, 2.24) is 0 Å². The van der Waals surface area contributed by atoms with Gasteiger partial charge in [-0.15, -0.1) is 0 Å². The number of rotatable bonds is 1. The summed E-state index contributed by atoms with van der Waals surface area (Å²) in [5.74, 6) is 0. The van der Waals surface area contributed by atoms with E-state index in [0.29, 0.717) is 6.54 Å². The van der Waals surface area contributed by atoms with E-state index in [-0.39, 0.29) is 0 Å². The van der Waals surface area contributed by atoms with Gasteiger partial charge < -0.3 is 5.73 Å². The van der Waals surface area contributed by atoms with E-state index < -0.39 is 0 Å². The molecule has 0 heterocycles. The highest BCUT2D eigenvalue weighted by Crippen LogP contribution is 1.91. The van der Waals surface area contributed by atoms with E-state index >= 15 is 0 Å². The molecule has 0 aliphatic heterocycles. The van der Waals surface area contributed by atoms with Crippen LogP contribution in [0.2, 0.25) is 0 Å². The maximum absolute atomic E-state index is 5.48. The fraction of sp³-hybridized carbons (Fsp3) is 0.143. The number of benzene rings is 1. The average Bonchev–Trinajstić information content (AvgIpc) is 1.88. The summed E-state index contributed by atoms with van der Waals surface area (Å²) < 4.78 is 0. The Morgan fingerprint density at radius 3 is 2.67 bits per heavy atom. The Morgan fingerprint density at radius 2 is 2.22 bits per heavy atom. The second-order valence-corrected chi connectivity index (χ2v) is 1.95. The molecule has 2 heteroatoms. The van der Waals surface area contributed by atoms with Gasteiger partial charge in [-0.3, -0.25) is 0 Å². The van der Waals surface area contributed by atoms with Crippen LogP contribution < -0.4 is 11.2 Å². The van der Waals surface area contributed by atoms with Gasteiger partial charge in [0, 0.05) is 6.54 Å². The molecule has 0 unspecified atom stereocenters. The Labute approximate surface area is 56.3 Å². The second kappa shape index (κ2) is 2.69. The van der Waals surface area contributed by atoms with Crippen molar-refractivity contribution in [3.63, 3.8) is 0 Å². The number of hydrogen-bond acceptors (Lipinski definition) is 1. The van der Waals surface area contributed by atoms with Crippen LogP contribution in [0.15, 0.2) is 24.3 Å². The first-order valence-electron chi connectivity index (χ1n) is 2.87. The quantitative estimate of drug-likeness (QED) is 0.512. The molecule has 1 aromatic rings. The summed E-state index contributed by atoms with van der Waals surface area (Å²) in [4.78, 5) is 0. The van der Waals surface area contributed by atoms with Gasteiger partial charge in [-0.25, -0.2) is 0 Å². The minimum Gasteiger partial charge on any atom is -0.326 e. The molecule has 0 bridgehead atoms. The van der Waals surface area contributed by atoms with Gasteiger partial charge >= 0.3 is 0 Å². The Kier molecular flexibility index (Phi) is 1.90. The van der Waals surface area contributed by atoms with E-state index in [9.17, 15) is 0 Å². The summed E-state index contributed by atoms with van der Waals surface area (Å²) in [7, 11) is 5.48. The van der Waals surface area contributed by atoms with Crippen molar-refractivity contribution in [1.29, 1.82) is 0 Å². The predicted octanol–water partition coefficient (Wildman–Crippen LogP) is -0.0609. The standard InChI is InChI=1S/C7H8BN/c8-7-3-1-2-6(4-7)5-9/h1-4H,5,9H2. The summed E-state index contributed by atoms with van der Waals surface area (Å²) >= 11 is 0. The molecule has 9 heavy (non-hydrogen) atoms. The van der Waals surface area contributed by atoms with Crippen molar-refractivity contribution in [3.8, 4) is 0 Å². The van der Waals surface area contributed by atoms with E-state index in [1.165, 1.54) is 0 Å². The molecule has 44 valence electrons. The Balaban J connectivity index is 2.94. The molecule has 2 N–H and O–H groups in total. The van der Waals surface area contributed by atoms with E-state index in [2.05, 4.69) is 0 Å². The molecule has 1 aromatic carbocycles. The smallest absolute Gasteiger partial charge is 0.113 e. The molecule has 0 aromatic heterocycles. The van der Waals surface area contributed by atoms with Crippen molar-refractivity contribution in [2.24, 2.45) is 5.73 Å². The molecule has 1 nitrogen and oxygen atoms in total. The fourth-order valence-electron chi connectivity index (χ4n) is 0.720. The van der Waals surface area contributed by atoms with Gasteiger partial charge in [0.1, 0.15) is 7.85 Å². The van der Waals surface area contributed by atoms with Crippen molar-refractivity contribution >= 4 is 13.3 Å². The summed E-state index contributed by atoms with van der Waals surface area (Å²) in [6, 6.07) is 7.58. The van der Waals surface area contributed by atoms with Crippen LogP contribution in [-0.2, 0) is 6.54 Å². The maximum atomic E-state index is 5.48. The van der Waals surface area contributed by atoms with E-state index in [1.54, 1.807) is 0 Å². The molecule has 0 amide bonds. The molecular weight excluding hydrogens is 109 g/mol. The van der Waals surface area contributed by atoms with Crippen LogP contribution in [0, 0.1) is 0 Å². The van der Waals surface area contributed by atoms with Crippen LogP contribution in [0.4, 0.5) is 0 Å². The molecule has 0 aliphatic rings. The third kappa shape index (κ3) is 1.58. The highest BCUT2D eigenvalue weighted by molar-refractivity contribution is 6.32. The number of nitrogens with two attached hydrogens (primary N) is 1. The normalized spacial score (nSPS) is 9.44. The molecule has 1 rings (SSSR count). The van der Waals surface area contributed by atoms with Gasteiger partial charge in [0.05, 0.1) is 0 Å². The molecule has 0 spiro atoms. The van der Waals surface area contributed by atoms with Crippen LogP contribution in [0.1, 0.15) is 5.56 Å². The monoisotopic (exact) mass is 117 g/mol. The summed E-state index contributed by atoms with van der Waals surface area (Å²) in [5.41, 5.74) is 7.22. The van der Waals surface area contributed by atoms with Gasteiger partial charge in [-0.2, -0.15) is 0 Å². The van der Waals surface area contributed by atoms with Crippen molar-refractivity contribution in [3.05, 3.63) is 29.8 Å². The molecule has 0 saturated carbocycles. The molecule has 0 aliphatic carbocycles. The van der Waals surface area contributed by atoms with E-state index in [1.807, 2.05) is 24.3 Å². The van der Waals surface area contributed by atoms with Gasteiger partial charge in [0.15, 0.2) is 0 Å². The van der Waals surface area contributed by atoms with Gasteiger partial charge in [0.25, 0.3) is 0 Å². The molecule has 2 radical (unpaired) electrons. The van der Waals surface area contributed by atoms with Gasteiger partial charge in [-0.05, 0) is 5.56 Å². The minimum absolute atomic E-state index is 0.561. The lowest BCUT2D eigenvalue weighted by Gasteiger charge is -1.95. The summed E-state index contributed by atoms with van der Waals surface area (Å²) in [6.07, 6.45) is 0. The predicted molar refractivity (Wildman–Crippen MR) is 39.7 cm³/mol. The molecule has 0 fully saturated rings. The molecule has 0 saturated heterocycles. The van der Waals surface area contributed by atoms with Crippen LogP contribution in [0.3, 0.4) is 0 Å². The lowest BCUT2D eigenvalue weighted by atomic mass is 9.95. The maximum Gasteiger partial charge on any atom is 0.113 e. The lowest BCUT2D eigenvalue weighted by molar-refractivity contribution is 1.07. The fourth-order valence-corrected chi connectivity index (χ4v) is 0.720. The van der Waals surface area contributed by atoms with Gasteiger partial charge in [-0.1, -0.05) is 29.7 Å². The van der Waals surface area contributed by atoms with Gasteiger partial charge in [0.2, 0.25) is 0 Å². The first-order chi connectivity index (χ1) is 4.33. The van der Waals surface area contributed by atoms with E-state index in [4.69, 9.17) is 13.6 Å². The molecular formula is C7H8BN. The van der Waals surface area contributed by atoms with E-state index in [0.717, 1.165) is 11.0 Å². The zero-order valence-corrected chi connectivity index (χ0v) is 5.17. The zero-order chi connectivity index (χ0) is 6.69. The third-order valence-electron chi connectivity index (χ3n) is 1.19. The van der Waals surface area contributed by atoms with Crippen molar-refractivity contribution in [2.75, 3.05) is 0 Å².